The van der Waals surface area contributed by atoms with E-state index in [0.717, 1.165) is 43.4 Å². The second-order valence-electron chi connectivity index (χ2n) is 9.28. The maximum absolute atomic E-state index is 12.9. The van der Waals surface area contributed by atoms with E-state index in [0.29, 0.717) is 40.1 Å². The minimum absolute atomic E-state index is 0.205. The van der Waals surface area contributed by atoms with Gasteiger partial charge in [0.15, 0.2) is 5.13 Å². The van der Waals surface area contributed by atoms with Crippen LogP contribution in [-0.4, -0.2) is 42.6 Å². The molecule has 0 radical (unpaired) electrons. The van der Waals surface area contributed by atoms with Gasteiger partial charge in [0.05, 0.1) is 11.7 Å². The summed E-state index contributed by atoms with van der Waals surface area (Å²) in [4.78, 5) is 42.0. The Hall–Kier alpha value is -4.23. The highest BCUT2D eigenvalue weighted by atomic mass is 32.1. The summed E-state index contributed by atoms with van der Waals surface area (Å²) in [5.41, 5.74) is 9.99. The van der Waals surface area contributed by atoms with Gasteiger partial charge in [-0.25, -0.2) is 15.0 Å². The number of nitrogens with zero attached hydrogens (tertiary/aromatic N) is 5. The van der Waals surface area contributed by atoms with Crippen molar-refractivity contribution in [1.29, 1.82) is 0 Å². The molecule has 6 rings (SSSR count). The maximum Gasteiger partial charge on any atom is 0.298 e. The third kappa shape index (κ3) is 4.11. The number of anilines is 2. The van der Waals surface area contributed by atoms with Gasteiger partial charge in [0.25, 0.3) is 11.8 Å². The number of carbonyl (C=O) groups is 2. The lowest BCUT2D eigenvalue weighted by Crippen LogP contribution is -2.30. The number of terminal acetylenes is 1. The van der Waals surface area contributed by atoms with Crippen molar-refractivity contribution in [2.45, 2.75) is 44.6 Å². The summed E-state index contributed by atoms with van der Waals surface area (Å²) < 4.78 is 1.88. The van der Waals surface area contributed by atoms with Crippen LogP contribution in [0, 0.1) is 12.3 Å². The fraction of sp³-hybridized carbons (Fsp3) is 0.296. The van der Waals surface area contributed by atoms with E-state index in [-0.39, 0.29) is 17.9 Å². The molecular formula is C27H25N7O2S. The number of nitrogens with two attached hydrogens (primary N) is 1. The average Bonchev–Trinajstić information content (AvgIpc) is 3.65. The van der Waals surface area contributed by atoms with Crippen molar-refractivity contribution >= 4 is 39.6 Å². The lowest BCUT2D eigenvalue weighted by Gasteiger charge is -2.21. The van der Waals surface area contributed by atoms with E-state index in [1.165, 1.54) is 11.3 Å². The number of imidazole rings is 1. The fourth-order valence-electron chi connectivity index (χ4n) is 5.24. The molecule has 0 saturated carbocycles. The predicted molar refractivity (Wildman–Crippen MR) is 142 cm³/mol. The van der Waals surface area contributed by atoms with E-state index >= 15 is 0 Å². The second kappa shape index (κ2) is 9.33. The second-order valence-corrected chi connectivity index (χ2v) is 10.4. The molecule has 0 spiro atoms. The third-order valence-corrected chi connectivity index (χ3v) is 8.11. The number of hydrogen-bond donors (Lipinski definition) is 2. The van der Waals surface area contributed by atoms with Gasteiger partial charge in [0.1, 0.15) is 22.9 Å². The van der Waals surface area contributed by atoms with E-state index in [1.54, 1.807) is 40.8 Å². The Morgan fingerprint density at radius 3 is 2.73 bits per heavy atom. The largest absolute Gasteiger partial charge is 0.382 e. The molecule has 1 fully saturated rings. The molecule has 37 heavy (non-hydrogen) atoms. The first-order valence-electron chi connectivity index (χ1n) is 12.3. The standard InChI is InChI=1S/C27H25N7O2S/c1-2-21(35)33-14-5-7-19(33)25-31-22(23-24(28)29-13-15-34(23)25)16-9-11-17(12-10-16)26(36)32-27-30-18-6-3-4-8-20(18)37-27/h1,9-13,15,19H,3-8,14H2,(H2,28,29)(H,30,32,36)/t19-/m0/s1. The predicted octanol–water partition coefficient (Wildman–Crippen LogP) is 3.86. The number of amides is 2. The van der Waals surface area contributed by atoms with Crippen molar-refractivity contribution in [2.75, 3.05) is 17.6 Å². The Bertz CT molecular complexity index is 1540. The summed E-state index contributed by atoms with van der Waals surface area (Å²) in [5.74, 6) is 2.69. The minimum atomic E-state index is -0.348. The number of thiazole rings is 1. The van der Waals surface area contributed by atoms with Crippen molar-refractivity contribution in [3.05, 3.63) is 58.6 Å². The lowest BCUT2D eigenvalue weighted by molar-refractivity contribution is -0.126. The molecule has 9 nitrogen and oxygen atoms in total. The quantitative estimate of drug-likeness (QED) is 0.402. The summed E-state index contributed by atoms with van der Waals surface area (Å²) in [7, 11) is 0. The molecule has 3 aromatic heterocycles. The van der Waals surface area contributed by atoms with Gasteiger partial charge in [-0.3, -0.25) is 19.3 Å². The molecule has 4 heterocycles. The number of aromatic nitrogens is 4. The molecule has 1 aliphatic heterocycles. The number of benzene rings is 1. The Morgan fingerprint density at radius 1 is 1.14 bits per heavy atom. The van der Waals surface area contributed by atoms with Gasteiger partial charge in [-0.05, 0) is 56.6 Å². The zero-order valence-corrected chi connectivity index (χ0v) is 20.9. The van der Waals surface area contributed by atoms with Crippen LogP contribution in [0.5, 0.6) is 0 Å². The fourth-order valence-corrected chi connectivity index (χ4v) is 6.28. The summed E-state index contributed by atoms with van der Waals surface area (Å²) in [6, 6.07) is 6.97. The van der Waals surface area contributed by atoms with Crippen LogP contribution in [0.2, 0.25) is 0 Å². The highest BCUT2D eigenvalue weighted by Gasteiger charge is 2.33. The topological polar surface area (TPSA) is 119 Å². The highest BCUT2D eigenvalue weighted by molar-refractivity contribution is 7.15. The summed E-state index contributed by atoms with van der Waals surface area (Å²) in [5, 5.41) is 3.59. The van der Waals surface area contributed by atoms with Crippen molar-refractivity contribution < 1.29 is 9.59 Å². The van der Waals surface area contributed by atoms with E-state index in [4.69, 9.17) is 17.1 Å². The number of nitrogens with one attached hydrogen (secondary N) is 1. The van der Waals surface area contributed by atoms with Crippen LogP contribution in [0.3, 0.4) is 0 Å². The van der Waals surface area contributed by atoms with Gasteiger partial charge in [-0.2, -0.15) is 0 Å². The molecule has 0 bridgehead atoms. The lowest BCUT2D eigenvalue weighted by atomic mass is 10.0. The first-order chi connectivity index (χ1) is 18.0. The number of aryl methyl sites for hydroxylation is 2. The van der Waals surface area contributed by atoms with Crippen molar-refractivity contribution in [2.24, 2.45) is 0 Å². The Morgan fingerprint density at radius 2 is 1.95 bits per heavy atom. The van der Waals surface area contributed by atoms with Crippen molar-refractivity contribution in [1.82, 2.24) is 24.3 Å². The molecule has 0 unspecified atom stereocenters. The van der Waals surface area contributed by atoms with E-state index in [2.05, 4.69) is 21.2 Å². The number of rotatable bonds is 4. The van der Waals surface area contributed by atoms with Gasteiger partial charge in [0.2, 0.25) is 0 Å². The van der Waals surface area contributed by atoms with Crippen LogP contribution in [0.25, 0.3) is 16.8 Å². The average molecular weight is 512 g/mol. The molecule has 4 aromatic rings. The summed E-state index contributed by atoms with van der Waals surface area (Å²) >= 11 is 1.56. The van der Waals surface area contributed by atoms with E-state index in [9.17, 15) is 9.59 Å². The zero-order chi connectivity index (χ0) is 25.5. The molecule has 10 heteroatoms. The van der Waals surface area contributed by atoms with Crippen LogP contribution in [0.1, 0.15) is 58.5 Å². The monoisotopic (exact) mass is 511 g/mol. The van der Waals surface area contributed by atoms with Crippen molar-refractivity contribution in [3.63, 3.8) is 0 Å². The SMILES string of the molecule is C#CC(=O)N1CCC[C@H]1c1nc(-c2ccc(C(=O)Nc3nc4c(s3)CCCC4)cc2)c2c(N)nccn12. The van der Waals surface area contributed by atoms with Gasteiger partial charge in [-0.15, -0.1) is 17.8 Å². The molecular weight excluding hydrogens is 486 g/mol. The molecule has 2 amide bonds. The van der Waals surface area contributed by atoms with Crippen LogP contribution < -0.4 is 11.1 Å². The minimum Gasteiger partial charge on any atom is -0.382 e. The normalized spacial score (nSPS) is 16.9. The number of likely N-dealkylation sites (tertiary alicyclic amines) is 1. The van der Waals surface area contributed by atoms with Gasteiger partial charge >= 0.3 is 0 Å². The number of nitrogen functional groups attached to an aromatic ring is 1. The molecule has 1 atom stereocenters. The molecule has 1 aliphatic carbocycles. The summed E-state index contributed by atoms with van der Waals surface area (Å²) in [6.07, 6.45) is 14.7. The van der Waals surface area contributed by atoms with E-state index < -0.39 is 0 Å². The van der Waals surface area contributed by atoms with Gasteiger partial charge in [-0.1, -0.05) is 12.1 Å². The van der Waals surface area contributed by atoms with Crippen LogP contribution in [0.15, 0.2) is 36.7 Å². The number of hydrogen-bond acceptors (Lipinski definition) is 7. The third-order valence-electron chi connectivity index (χ3n) is 7.03. The van der Waals surface area contributed by atoms with Crippen molar-refractivity contribution in [3.8, 4) is 23.6 Å². The Balaban J connectivity index is 1.31. The first-order valence-corrected chi connectivity index (χ1v) is 13.1. The molecule has 1 saturated heterocycles. The van der Waals surface area contributed by atoms with Crippen LogP contribution in [-0.2, 0) is 17.6 Å². The molecule has 1 aromatic carbocycles. The Labute approximate surface area is 217 Å². The molecule has 3 N–H and O–H groups in total. The molecule has 2 aliphatic rings. The zero-order valence-electron chi connectivity index (χ0n) is 20.1. The Kier molecular flexibility index (Phi) is 5.85. The first kappa shape index (κ1) is 23.2. The van der Waals surface area contributed by atoms with Crippen LogP contribution >= 0.6 is 11.3 Å². The van der Waals surface area contributed by atoms with Crippen LogP contribution in [0.4, 0.5) is 10.9 Å². The van der Waals surface area contributed by atoms with Gasteiger partial charge in [0, 0.05) is 34.9 Å². The molecule has 186 valence electrons. The van der Waals surface area contributed by atoms with Gasteiger partial charge < -0.3 is 10.6 Å². The summed E-state index contributed by atoms with van der Waals surface area (Å²) in [6.45, 7) is 0.588. The highest BCUT2D eigenvalue weighted by Crippen LogP contribution is 2.36. The smallest absolute Gasteiger partial charge is 0.298 e. The number of fused-ring (bicyclic) bond motifs is 2. The van der Waals surface area contributed by atoms with E-state index in [1.807, 2.05) is 16.5 Å². The maximum atomic E-state index is 12.9. The number of carbonyl (C=O) groups excluding carboxylic acids is 2.